The van der Waals surface area contributed by atoms with Gasteiger partial charge in [-0.1, -0.05) is 60.7 Å². The zero-order valence-electron chi connectivity index (χ0n) is 18.2. The Balaban J connectivity index is 2.14. The molecule has 7 heteroatoms. The van der Waals surface area contributed by atoms with Crippen molar-refractivity contribution in [1.82, 2.24) is 10.6 Å². The van der Waals surface area contributed by atoms with Gasteiger partial charge >= 0.3 is 12.2 Å². The highest BCUT2D eigenvalue weighted by atomic mass is 16.6. The molecule has 0 spiro atoms. The first kappa shape index (κ1) is 24.2. The fraction of sp³-hybridized carbons (Fsp3) is 0.417. The molecule has 0 saturated carbocycles. The van der Waals surface area contributed by atoms with Crippen LogP contribution in [-0.4, -0.2) is 46.2 Å². The lowest BCUT2D eigenvalue weighted by atomic mass is 9.94. The number of alkyl carbamates (subject to hydrolysis) is 1. The maximum atomic E-state index is 12.4. The van der Waals surface area contributed by atoms with Crippen molar-refractivity contribution in [3.05, 3.63) is 71.8 Å². The van der Waals surface area contributed by atoms with E-state index in [4.69, 9.17) is 4.74 Å². The van der Waals surface area contributed by atoms with Crippen LogP contribution in [0.25, 0.3) is 0 Å². The third kappa shape index (κ3) is 9.53. The Morgan fingerprint density at radius 3 is 1.90 bits per heavy atom. The monoisotopic (exact) mass is 428 g/mol. The van der Waals surface area contributed by atoms with Crippen LogP contribution in [0.3, 0.4) is 0 Å². The van der Waals surface area contributed by atoms with Crippen molar-refractivity contribution in [2.45, 2.75) is 63.8 Å². The average molecular weight is 429 g/mol. The first-order chi connectivity index (χ1) is 14.6. The van der Waals surface area contributed by atoms with Gasteiger partial charge in [0.2, 0.25) is 0 Å². The molecule has 0 aliphatic heterocycles. The predicted octanol–water partition coefficient (Wildman–Crippen LogP) is 3.75. The zero-order chi connectivity index (χ0) is 22.9. The van der Waals surface area contributed by atoms with Crippen LogP contribution in [0.2, 0.25) is 0 Å². The Labute approximate surface area is 183 Å². The van der Waals surface area contributed by atoms with Crippen LogP contribution in [0, 0.1) is 0 Å². The van der Waals surface area contributed by atoms with E-state index in [0.29, 0.717) is 12.8 Å². The number of nitrogens with one attached hydrogen (secondary N) is 2. The maximum Gasteiger partial charge on any atom is 0.407 e. The lowest BCUT2D eigenvalue weighted by molar-refractivity contribution is 0.0467. The second-order valence-electron chi connectivity index (χ2n) is 8.58. The molecule has 2 amide bonds. The van der Waals surface area contributed by atoms with Gasteiger partial charge in [-0.05, 0) is 51.2 Å². The van der Waals surface area contributed by atoms with E-state index < -0.39 is 36.0 Å². The van der Waals surface area contributed by atoms with Crippen molar-refractivity contribution in [3.63, 3.8) is 0 Å². The normalized spacial score (nSPS) is 14.2. The van der Waals surface area contributed by atoms with E-state index in [-0.39, 0.29) is 6.42 Å². The van der Waals surface area contributed by atoms with Crippen LogP contribution in [0.15, 0.2) is 60.7 Å². The molecule has 0 aliphatic carbocycles. The molecular weight excluding hydrogens is 396 g/mol. The number of hydrogen-bond donors (Lipinski definition) is 4. The lowest BCUT2D eigenvalue weighted by Gasteiger charge is -2.28. The molecule has 31 heavy (non-hydrogen) atoms. The molecule has 2 rings (SSSR count). The highest BCUT2D eigenvalue weighted by Gasteiger charge is 2.27. The average Bonchev–Trinajstić information content (AvgIpc) is 2.67. The molecular formula is C24H32N2O5. The Kier molecular flexibility index (Phi) is 8.88. The molecule has 0 saturated heterocycles. The van der Waals surface area contributed by atoms with Gasteiger partial charge in [0, 0.05) is 6.04 Å². The summed E-state index contributed by atoms with van der Waals surface area (Å²) in [5.74, 6) is 0. The predicted molar refractivity (Wildman–Crippen MR) is 119 cm³/mol. The summed E-state index contributed by atoms with van der Waals surface area (Å²) < 4.78 is 5.37. The number of ether oxygens (including phenoxy) is 1. The zero-order valence-corrected chi connectivity index (χ0v) is 18.2. The number of aliphatic hydroxyl groups excluding tert-OH is 1. The summed E-state index contributed by atoms with van der Waals surface area (Å²) in [6.07, 6.45) is -1.83. The van der Waals surface area contributed by atoms with Crippen molar-refractivity contribution < 1.29 is 24.5 Å². The number of aliphatic hydroxyl groups is 1. The second-order valence-corrected chi connectivity index (χ2v) is 8.58. The van der Waals surface area contributed by atoms with Gasteiger partial charge in [-0.2, -0.15) is 0 Å². The number of hydrogen-bond acceptors (Lipinski definition) is 4. The van der Waals surface area contributed by atoms with E-state index >= 15 is 0 Å². The topological polar surface area (TPSA) is 108 Å². The van der Waals surface area contributed by atoms with Crippen LogP contribution in [-0.2, 0) is 17.6 Å². The van der Waals surface area contributed by atoms with Crippen molar-refractivity contribution in [2.24, 2.45) is 0 Å². The molecule has 3 atom stereocenters. The quantitative estimate of drug-likeness (QED) is 0.486. The summed E-state index contributed by atoms with van der Waals surface area (Å²) >= 11 is 0. The first-order valence-electron chi connectivity index (χ1n) is 10.4. The highest BCUT2D eigenvalue weighted by molar-refractivity contribution is 5.68. The van der Waals surface area contributed by atoms with Crippen LogP contribution < -0.4 is 10.6 Å². The van der Waals surface area contributed by atoms with Gasteiger partial charge in [-0.15, -0.1) is 0 Å². The summed E-state index contributed by atoms with van der Waals surface area (Å²) in [7, 11) is 0. The molecule has 0 aromatic heterocycles. The second kappa shape index (κ2) is 11.4. The minimum Gasteiger partial charge on any atom is -0.465 e. The Hall–Kier alpha value is -3.06. The molecule has 2 aromatic carbocycles. The van der Waals surface area contributed by atoms with Crippen LogP contribution >= 0.6 is 0 Å². The summed E-state index contributed by atoms with van der Waals surface area (Å²) in [6.45, 7) is 5.33. The van der Waals surface area contributed by atoms with Gasteiger partial charge in [0.05, 0.1) is 12.1 Å². The smallest absolute Gasteiger partial charge is 0.407 e. The van der Waals surface area contributed by atoms with Crippen molar-refractivity contribution >= 4 is 12.2 Å². The SMILES string of the molecule is CC(C)(C)OC(=O)NC(Cc1ccccc1)CC(O)C(Cc1ccccc1)NC(=O)O. The Morgan fingerprint density at radius 1 is 0.903 bits per heavy atom. The lowest BCUT2D eigenvalue weighted by Crippen LogP contribution is -2.48. The fourth-order valence-electron chi connectivity index (χ4n) is 3.33. The third-order valence-corrected chi connectivity index (χ3v) is 4.64. The minimum atomic E-state index is -1.21. The maximum absolute atomic E-state index is 12.4. The van der Waals surface area contributed by atoms with Gasteiger partial charge in [-0.25, -0.2) is 9.59 Å². The number of benzene rings is 2. The highest BCUT2D eigenvalue weighted by Crippen LogP contribution is 2.15. The van der Waals surface area contributed by atoms with Crippen LogP contribution in [0.4, 0.5) is 9.59 Å². The standard InChI is InChI=1S/C24H32N2O5/c1-24(2,3)31-23(30)25-19(14-17-10-6-4-7-11-17)16-21(27)20(26-22(28)29)15-18-12-8-5-9-13-18/h4-13,19-21,26-27H,14-16H2,1-3H3,(H,25,30)(H,28,29). The summed E-state index contributed by atoms with van der Waals surface area (Å²) in [4.78, 5) is 23.7. The molecule has 7 nitrogen and oxygen atoms in total. The van der Waals surface area contributed by atoms with Gasteiger partial charge in [0.25, 0.3) is 0 Å². The van der Waals surface area contributed by atoms with Crippen molar-refractivity contribution in [2.75, 3.05) is 0 Å². The van der Waals surface area contributed by atoms with E-state index in [0.717, 1.165) is 11.1 Å². The number of amides is 2. The summed E-state index contributed by atoms with van der Waals surface area (Å²) in [5.41, 5.74) is 1.24. The first-order valence-corrected chi connectivity index (χ1v) is 10.4. The molecule has 0 aliphatic rings. The van der Waals surface area contributed by atoms with Gasteiger partial charge in [-0.3, -0.25) is 0 Å². The van der Waals surface area contributed by atoms with Gasteiger partial charge in [0.1, 0.15) is 5.60 Å². The van der Waals surface area contributed by atoms with Crippen LogP contribution in [0.1, 0.15) is 38.3 Å². The summed E-state index contributed by atoms with van der Waals surface area (Å²) in [6, 6.07) is 17.8. The number of carbonyl (C=O) groups is 2. The third-order valence-electron chi connectivity index (χ3n) is 4.64. The molecule has 168 valence electrons. The summed E-state index contributed by atoms with van der Waals surface area (Å²) in [5, 5.41) is 25.4. The number of carbonyl (C=O) groups excluding carboxylic acids is 1. The van der Waals surface area contributed by atoms with E-state index in [2.05, 4.69) is 10.6 Å². The molecule has 0 bridgehead atoms. The number of carboxylic acid groups (broad SMARTS) is 1. The van der Waals surface area contributed by atoms with E-state index in [9.17, 15) is 19.8 Å². The Morgan fingerprint density at radius 2 is 1.42 bits per heavy atom. The molecule has 3 unspecified atom stereocenters. The minimum absolute atomic E-state index is 0.159. The fourth-order valence-corrected chi connectivity index (χ4v) is 3.33. The van der Waals surface area contributed by atoms with E-state index in [1.807, 2.05) is 60.7 Å². The molecule has 2 aromatic rings. The van der Waals surface area contributed by atoms with Crippen molar-refractivity contribution in [3.8, 4) is 0 Å². The number of rotatable bonds is 9. The van der Waals surface area contributed by atoms with E-state index in [1.54, 1.807) is 20.8 Å². The van der Waals surface area contributed by atoms with Crippen LogP contribution in [0.5, 0.6) is 0 Å². The molecule has 4 N–H and O–H groups in total. The largest absolute Gasteiger partial charge is 0.465 e. The molecule has 0 fully saturated rings. The molecule has 0 radical (unpaired) electrons. The van der Waals surface area contributed by atoms with Gasteiger partial charge < -0.3 is 25.6 Å². The Bertz CT molecular complexity index is 821. The van der Waals surface area contributed by atoms with Crippen molar-refractivity contribution in [1.29, 1.82) is 0 Å². The van der Waals surface area contributed by atoms with E-state index in [1.165, 1.54) is 0 Å². The molecule has 0 heterocycles. The van der Waals surface area contributed by atoms with Gasteiger partial charge in [0.15, 0.2) is 0 Å².